The van der Waals surface area contributed by atoms with Crippen LogP contribution >= 0.6 is 0 Å². The molecular weight excluding hydrogens is 402 g/mol. The first-order valence-corrected chi connectivity index (χ1v) is 10.6. The number of amides is 4. The van der Waals surface area contributed by atoms with E-state index < -0.39 is 29.3 Å². The summed E-state index contributed by atoms with van der Waals surface area (Å²) in [7, 11) is 0. The maximum Gasteiger partial charge on any atom is 0.344 e. The van der Waals surface area contributed by atoms with Crippen molar-refractivity contribution in [3.05, 3.63) is 108 Å². The molecule has 32 heavy (non-hydrogen) atoms. The fraction of sp³-hybridized carbons (Fsp3) is 0.192. The summed E-state index contributed by atoms with van der Waals surface area (Å²) < 4.78 is 0. The maximum absolute atomic E-state index is 13.3. The van der Waals surface area contributed by atoms with Crippen molar-refractivity contribution in [2.75, 3.05) is 0 Å². The number of benzene rings is 3. The molecule has 1 saturated heterocycles. The fourth-order valence-corrected chi connectivity index (χ4v) is 3.96. The molecule has 1 aliphatic heterocycles. The van der Waals surface area contributed by atoms with Gasteiger partial charge in [-0.1, -0.05) is 91.0 Å². The maximum atomic E-state index is 13.3. The van der Waals surface area contributed by atoms with Gasteiger partial charge in [-0.3, -0.25) is 15.0 Å². The van der Waals surface area contributed by atoms with Crippen LogP contribution in [0.25, 0.3) is 0 Å². The van der Waals surface area contributed by atoms with E-state index in [-0.39, 0.29) is 0 Å². The molecule has 0 saturated carbocycles. The first-order valence-electron chi connectivity index (χ1n) is 10.6. The number of rotatable bonds is 7. The van der Waals surface area contributed by atoms with Gasteiger partial charge in [-0.15, -0.1) is 0 Å². The second kappa shape index (κ2) is 9.06. The van der Waals surface area contributed by atoms with Crippen LogP contribution in [0.15, 0.2) is 91.0 Å². The Kier molecular flexibility index (Phi) is 6.03. The second-order valence-corrected chi connectivity index (χ2v) is 8.12. The molecule has 3 aromatic carbocycles. The van der Waals surface area contributed by atoms with Crippen LogP contribution in [0.3, 0.4) is 0 Å². The van der Waals surface area contributed by atoms with Crippen molar-refractivity contribution in [3.63, 3.8) is 0 Å². The van der Waals surface area contributed by atoms with E-state index in [4.69, 9.17) is 0 Å². The zero-order chi connectivity index (χ0) is 22.6. The summed E-state index contributed by atoms with van der Waals surface area (Å²) in [6.45, 7) is 1.69. The van der Waals surface area contributed by atoms with Crippen molar-refractivity contribution in [1.82, 2.24) is 15.8 Å². The number of nitrogens with one attached hydrogen (secondary N) is 2. The normalized spacial score (nSPS) is 18.0. The third-order valence-electron chi connectivity index (χ3n) is 5.77. The lowest BCUT2D eigenvalue weighted by Crippen LogP contribution is -2.50. The zero-order valence-electron chi connectivity index (χ0n) is 17.8. The van der Waals surface area contributed by atoms with E-state index in [1.807, 2.05) is 91.0 Å². The number of hydrazine groups is 1. The number of hydrogen-bond donors (Lipinski definition) is 2. The van der Waals surface area contributed by atoms with E-state index in [1.54, 1.807) is 6.92 Å². The van der Waals surface area contributed by atoms with Gasteiger partial charge in [-0.25, -0.2) is 4.79 Å². The van der Waals surface area contributed by atoms with Gasteiger partial charge in [0.1, 0.15) is 5.54 Å². The molecule has 0 aliphatic carbocycles. The molecule has 162 valence electrons. The highest BCUT2D eigenvalue weighted by Gasteiger charge is 2.48. The number of urea groups is 1. The summed E-state index contributed by atoms with van der Waals surface area (Å²) in [5, 5.41) is 3.56. The van der Waals surface area contributed by atoms with Gasteiger partial charge in [0.25, 0.3) is 11.8 Å². The fourth-order valence-electron chi connectivity index (χ4n) is 3.96. The number of carbonyl (C=O) groups excluding carboxylic acids is 3. The SMILES string of the molecule is C[C@@]1(CCc2ccccc2)NC(=O)N(NC(=O)C(c2ccccc2)c2ccccc2)C1=O. The monoisotopic (exact) mass is 427 g/mol. The van der Waals surface area contributed by atoms with Gasteiger partial charge >= 0.3 is 6.03 Å². The predicted molar refractivity (Wildman–Crippen MR) is 121 cm³/mol. The van der Waals surface area contributed by atoms with Crippen LogP contribution in [0, 0.1) is 0 Å². The average Bonchev–Trinajstić information content (AvgIpc) is 3.03. The van der Waals surface area contributed by atoms with Crippen LogP contribution in [0.1, 0.15) is 36.0 Å². The van der Waals surface area contributed by atoms with Crippen LogP contribution in [0.2, 0.25) is 0 Å². The minimum atomic E-state index is -1.09. The summed E-state index contributed by atoms with van der Waals surface area (Å²) in [5.41, 5.74) is 4.10. The van der Waals surface area contributed by atoms with E-state index >= 15 is 0 Å². The van der Waals surface area contributed by atoms with Crippen molar-refractivity contribution < 1.29 is 14.4 Å². The average molecular weight is 428 g/mol. The van der Waals surface area contributed by atoms with Gasteiger partial charge in [-0.05, 0) is 36.5 Å². The molecule has 3 aromatic rings. The molecule has 1 aliphatic rings. The van der Waals surface area contributed by atoms with E-state index in [1.165, 1.54) is 0 Å². The third kappa shape index (κ3) is 4.39. The number of hydrogen-bond acceptors (Lipinski definition) is 3. The minimum Gasteiger partial charge on any atom is -0.322 e. The van der Waals surface area contributed by atoms with Gasteiger partial charge in [-0.2, -0.15) is 5.01 Å². The van der Waals surface area contributed by atoms with Crippen LogP contribution < -0.4 is 10.7 Å². The summed E-state index contributed by atoms with van der Waals surface area (Å²) in [6, 6.07) is 27.7. The Balaban J connectivity index is 1.52. The van der Waals surface area contributed by atoms with Crippen molar-refractivity contribution in [3.8, 4) is 0 Å². The summed E-state index contributed by atoms with van der Waals surface area (Å²) in [4.78, 5) is 39.0. The van der Waals surface area contributed by atoms with Crippen molar-refractivity contribution >= 4 is 17.8 Å². The lowest BCUT2D eigenvalue weighted by molar-refractivity contribution is -0.139. The highest BCUT2D eigenvalue weighted by molar-refractivity contribution is 6.08. The lowest BCUT2D eigenvalue weighted by Gasteiger charge is -2.23. The predicted octanol–water partition coefficient (Wildman–Crippen LogP) is 3.79. The number of nitrogens with zero attached hydrogens (tertiary/aromatic N) is 1. The zero-order valence-corrected chi connectivity index (χ0v) is 17.8. The largest absolute Gasteiger partial charge is 0.344 e. The quantitative estimate of drug-likeness (QED) is 0.563. The standard InChI is InChI=1S/C26H25N3O3/c1-26(18-17-19-11-5-2-6-12-19)24(31)29(25(32)27-26)28-23(30)22(20-13-7-3-8-14-20)21-15-9-4-10-16-21/h2-16,22H,17-18H2,1H3,(H,27,32)(H,28,30)/t26-/m0/s1. The highest BCUT2D eigenvalue weighted by atomic mass is 16.2. The lowest BCUT2D eigenvalue weighted by atomic mass is 9.90. The molecule has 0 bridgehead atoms. The first-order chi connectivity index (χ1) is 15.5. The molecule has 0 spiro atoms. The molecule has 0 radical (unpaired) electrons. The van der Waals surface area contributed by atoms with E-state index in [0.29, 0.717) is 12.8 Å². The Labute approximate surface area is 187 Å². The molecule has 6 heteroatoms. The Morgan fingerprint density at radius 3 is 1.91 bits per heavy atom. The van der Waals surface area contributed by atoms with Gasteiger partial charge in [0.2, 0.25) is 0 Å². The van der Waals surface area contributed by atoms with Crippen molar-refractivity contribution in [2.24, 2.45) is 0 Å². The Morgan fingerprint density at radius 2 is 1.38 bits per heavy atom. The molecule has 0 aromatic heterocycles. The van der Waals surface area contributed by atoms with E-state index in [2.05, 4.69) is 10.7 Å². The first kappa shape index (κ1) is 21.3. The molecule has 2 N–H and O–H groups in total. The smallest absolute Gasteiger partial charge is 0.322 e. The van der Waals surface area contributed by atoms with Crippen molar-refractivity contribution in [2.45, 2.75) is 31.2 Å². The molecule has 6 nitrogen and oxygen atoms in total. The molecule has 1 atom stereocenters. The van der Waals surface area contributed by atoms with Gasteiger partial charge < -0.3 is 5.32 Å². The van der Waals surface area contributed by atoms with Crippen LogP contribution in [-0.4, -0.2) is 28.4 Å². The van der Waals surface area contributed by atoms with E-state index in [9.17, 15) is 14.4 Å². The van der Waals surface area contributed by atoms with Gasteiger partial charge in [0.05, 0.1) is 5.92 Å². The molecular formula is C26H25N3O3. The second-order valence-electron chi connectivity index (χ2n) is 8.12. The molecule has 4 amide bonds. The van der Waals surface area contributed by atoms with Gasteiger partial charge in [0.15, 0.2) is 0 Å². The number of aryl methyl sites for hydroxylation is 1. The molecule has 1 fully saturated rings. The molecule has 4 rings (SSSR count). The Hall–Kier alpha value is -3.93. The number of imide groups is 1. The molecule has 1 heterocycles. The summed E-state index contributed by atoms with van der Waals surface area (Å²) in [6.07, 6.45) is 1.05. The molecule has 0 unspecified atom stereocenters. The van der Waals surface area contributed by atoms with Crippen LogP contribution in [0.5, 0.6) is 0 Å². The Bertz CT molecular complexity index is 1060. The number of carbonyl (C=O) groups is 3. The van der Waals surface area contributed by atoms with Crippen LogP contribution in [-0.2, 0) is 16.0 Å². The highest BCUT2D eigenvalue weighted by Crippen LogP contribution is 2.27. The van der Waals surface area contributed by atoms with E-state index in [0.717, 1.165) is 21.7 Å². The minimum absolute atomic E-state index is 0.425. The topological polar surface area (TPSA) is 78.5 Å². The van der Waals surface area contributed by atoms with Gasteiger partial charge in [0, 0.05) is 0 Å². The summed E-state index contributed by atoms with van der Waals surface area (Å²) in [5.74, 6) is -1.57. The third-order valence-corrected chi connectivity index (χ3v) is 5.77. The summed E-state index contributed by atoms with van der Waals surface area (Å²) >= 11 is 0. The van der Waals surface area contributed by atoms with Crippen molar-refractivity contribution in [1.29, 1.82) is 0 Å². The Morgan fingerprint density at radius 1 is 0.875 bits per heavy atom. The van der Waals surface area contributed by atoms with Crippen LogP contribution in [0.4, 0.5) is 4.79 Å².